The van der Waals surface area contributed by atoms with Gasteiger partial charge in [-0.3, -0.25) is 0 Å². The third kappa shape index (κ3) is 7.10. The molecule has 43 heavy (non-hydrogen) atoms. The molecule has 1 aliphatic carbocycles. The lowest BCUT2D eigenvalue weighted by molar-refractivity contribution is -0.373. The van der Waals surface area contributed by atoms with Crippen LogP contribution >= 0.6 is 0 Å². The topological polar surface area (TPSA) is 24.9 Å². The van der Waals surface area contributed by atoms with Crippen molar-refractivity contribution in [2.45, 2.75) is 75.2 Å². The molecule has 2 aromatic carbocycles. The molecule has 15 heteroatoms. The fraction of sp³-hybridized carbons (Fsp3) is 0.571. The minimum atomic E-state index is -5.65. The van der Waals surface area contributed by atoms with Crippen LogP contribution < -0.4 is 0 Å². The van der Waals surface area contributed by atoms with Crippen LogP contribution in [0.3, 0.4) is 0 Å². The molecule has 0 aliphatic heterocycles. The summed E-state index contributed by atoms with van der Waals surface area (Å²) in [6.07, 6.45) is -17.9. The van der Waals surface area contributed by atoms with E-state index in [1.54, 1.807) is 48.5 Å². The van der Waals surface area contributed by atoms with E-state index in [9.17, 15) is 48.3 Å². The van der Waals surface area contributed by atoms with Gasteiger partial charge in [0.1, 0.15) is 11.2 Å². The van der Waals surface area contributed by atoms with Crippen molar-refractivity contribution in [1.29, 1.82) is 0 Å². The van der Waals surface area contributed by atoms with Crippen LogP contribution in [0.2, 0.25) is 0 Å². The molecule has 0 spiro atoms. The second kappa shape index (κ2) is 13.2. The normalized spacial score (nSPS) is 21.0. The lowest BCUT2D eigenvalue weighted by Gasteiger charge is -2.53. The van der Waals surface area contributed by atoms with E-state index < -0.39 is 66.0 Å². The van der Waals surface area contributed by atoms with Gasteiger partial charge in [-0.15, -0.1) is 4.90 Å². The number of unbranched alkanes of at least 4 members (excludes halogenated alkanes) is 2. The number of ether oxygens (including phenoxy) is 2. The second-order valence-electron chi connectivity index (χ2n) is 10.1. The molecule has 2 atom stereocenters. The van der Waals surface area contributed by atoms with Crippen LogP contribution in [0.4, 0.5) is 48.3 Å². The summed E-state index contributed by atoms with van der Waals surface area (Å²) in [5.74, 6) is 0. The van der Waals surface area contributed by atoms with Gasteiger partial charge >= 0.3 is 25.5 Å². The molecular formula is C28H31F11N2O2. The van der Waals surface area contributed by atoms with E-state index in [1.165, 1.54) is 14.2 Å². The maximum Gasteiger partial charge on any atom is 0.467 e. The number of benzene rings is 2. The van der Waals surface area contributed by atoms with Crippen molar-refractivity contribution in [3.63, 3.8) is 0 Å². The van der Waals surface area contributed by atoms with Crippen LogP contribution in [0.1, 0.15) is 49.7 Å². The zero-order chi connectivity index (χ0) is 32.3. The summed E-state index contributed by atoms with van der Waals surface area (Å²) in [5.41, 5.74) is -0.606. The van der Waals surface area contributed by atoms with Gasteiger partial charge in [0.15, 0.2) is 0 Å². The average Bonchev–Trinajstić information content (AvgIpc) is 2.91. The first-order chi connectivity index (χ1) is 20.0. The Bertz CT molecular complexity index is 1190. The predicted molar refractivity (Wildman–Crippen MR) is 135 cm³/mol. The van der Waals surface area contributed by atoms with E-state index >= 15 is 0 Å². The van der Waals surface area contributed by atoms with Crippen molar-refractivity contribution in [2.75, 3.05) is 27.3 Å². The van der Waals surface area contributed by atoms with Gasteiger partial charge in [0.05, 0.1) is 0 Å². The van der Waals surface area contributed by atoms with Crippen LogP contribution in [-0.2, 0) is 20.7 Å². The smallest absolute Gasteiger partial charge is 0.370 e. The molecule has 2 aromatic rings. The van der Waals surface area contributed by atoms with Gasteiger partial charge in [0.2, 0.25) is 0 Å². The second-order valence-corrected chi connectivity index (χ2v) is 10.1. The molecule has 4 nitrogen and oxygen atoms in total. The van der Waals surface area contributed by atoms with Gasteiger partial charge in [-0.1, -0.05) is 48.5 Å². The molecule has 0 heterocycles. The zero-order valence-electron chi connectivity index (χ0n) is 23.2. The highest BCUT2D eigenvalue weighted by atomic mass is 19.4. The molecule has 0 N–H and O–H groups in total. The minimum absolute atomic E-state index is 0.0607. The van der Waals surface area contributed by atoms with Crippen molar-refractivity contribution >= 4 is 0 Å². The quantitative estimate of drug-likeness (QED) is 0.125. The summed E-state index contributed by atoms with van der Waals surface area (Å²) in [6, 6.07) is 13.7. The fourth-order valence-corrected chi connectivity index (χ4v) is 6.03. The molecule has 0 saturated heterocycles. The molecule has 0 saturated carbocycles. The molecule has 0 amide bonds. The summed E-state index contributed by atoms with van der Waals surface area (Å²) < 4.78 is 156. The summed E-state index contributed by atoms with van der Waals surface area (Å²) in [5, 5.41) is 0. The van der Waals surface area contributed by atoms with Crippen LogP contribution in [0, 0.1) is 0 Å². The number of halogens is 11. The molecule has 0 bridgehead atoms. The van der Waals surface area contributed by atoms with Gasteiger partial charge < -0.3 is 9.47 Å². The number of hydrogen-bond donors (Lipinski definition) is 0. The molecule has 0 aromatic heterocycles. The Morgan fingerprint density at radius 3 is 1.35 bits per heavy atom. The summed E-state index contributed by atoms with van der Waals surface area (Å²) in [7, 11) is 2.62. The number of rotatable bonds is 13. The third-order valence-electron chi connectivity index (χ3n) is 7.88. The van der Waals surface area contributed by atoms with E-state index in [1.807, 2.05) is 0 Å². The minimum Gasteiger partial charge on any atom is -0.370 e. The number of hydrogen-bond acceptors (Lipinski definition) is 4. The average molecular weight is 637 g/mol. The Hall–Kier alpha value is -2.49. The fourth-order valence-electron chi connectivity index (χ4n) is 6.03. The summed E-state index contributed by atoms with van der Waals surface area (Å²) >= 11 is 0. The Labute approximate surface area is 241 Å². The molecule has 242 valence electrons. The largest absolute Gasteiger partial charge is 0.467 e. The van der Waals surface area contributed by atoms with Gasteiger partial charge in [-0.2, -0.15) is 53.2 Å². The van der Waals surface area contributed by atoms with Crippen molar-refractivity contribution < 1.29 is 57.8 Å². The number of fused-ring (bicyclic) bond motifs is 3. The molecule has 0 fully saturated rings. The highest BCUT2D eigenvalue weighted by molar-refractivity contribution is 5.76. The van der Waals surface area contributed by atoms with Crippen LogP contribution in [-0.4, -0.2) is 62.6 Å². The lowest BCUT2D eigenvalue weighted by Crippen LogP contribution is -2.54. The van der Waals surface area contributed by atoms with Crippen molar-refractivity contribution in [3.05, 3.63) is 59.7 Å². The van der Waals surface area contributed by atoms with Gasteiger partial charge in [-0.05, 0) is 60.8 Å². The van der Waals surface area contributed by atoms with Crippen molar-refractivity contribution in [3.8, 4) is 11.1 Å². The Balaban J connectivity index is 2.00. The first kappa shape index (κ1) is 35.0. The van der Waals surface area contributed by atoms with Gasteiger partial charge in [0, 0.05) is 27.3 Å². The predicted octanol–water partition coefficient (Wildman–Crippen LogP) is 8.78. The first-order valence-electron chi connectivity index (χ1n) is 13.3. The van der Waals surface area contributed by atoms with Gasteiger partial charge in [0.25, 0.3) is 0 Å². The number of nitrogens with zero attached hydrogens (tertiary/aromatic N) is 2. The molecular weight excluding hydrogens is 605 g/mol. The van der Waals surface area contributed by atoms with E-state index in [-0.39, 0.29) is 32.1 Å². The van der Waals surface area contributed by atoms with Crippen molar-refractivity contribution in [1.82, 2.24) is 9.80 Å². The van der Waals surface area contributed by atoms with Crippen molar-refractivity contribution in [2.24, 2.45) is 0 Å². The monoisotopic (exact) mass is 636 g/mol. The molecule has 0 radical (unpaired) electrons. The lowest BCUT2D eigenvalue weighted by atomic mass is 9.61. The molecule has 1 aliphatic rings. The van der Waals surface area contributed by atoms with Gasteiger partial charge in [-0.25, -0.2) is 0 Å². The SMILES string of the molecule is COC1(CCCCN(C(F)F)C(F)(F)F)c2ccccc2-c2ccccc2C1(CCCCN(C(F)(F)F)C(F)(F)F)OC. The number of alkyl halides is 11. The summed E-state index contributed by atoms with van der Waals surface area (Å²) in [6.45, 7) is -6.15. The van der Waals surface area contributed by atoms with E-state index in [4.69, 9.17) is 9.47 Å². The summed E-state index contributed by atoms with van der Waals surface area (Å²) in [4.78, 5) is -2.41. The van der Waals surface area contributed by atoms with Crippen LogP contribution in [0.25, 0.3) is 11.1 Å². The zero-order valence-corrected chi connectivity index (χ0v) is 23.2. The van der Waals surface area contributed by atoms with E-state index in [0.29, 0.717) is 22.3 Å². The Morgan fingerprint density at radius 1 is 0.605 bits per heavy atom. The Kier molecular flexibility index (Phi) is 10.8. The van der Waals surface area contributed by atoms with E-state index in [0.717, 1.165) is 0 Å². The third-order valence-corrected chi connectivity index (χ3v) is 7.88. The first-order valence-corrected chi connectivity index (χ1v) is 13.3. The van der Waals surface area contributed by atoms with Crippen LogP contribution in [0.15, 0.2) is 48.5 Å². The molecule has 3 rings (SSSR count). The van der Waals surface area contributed by atoms with Crippen LogP contribution in [0.5, 0.6) is 0 Å². The molecule has 2 unspecified atom stereocenters. The Morgan fingerprint density at radius 2 is 1.00 bits per heavy atom. The standard InChI is InChI=1S/C28H31F11N2O2/c1-42-24(15-7-9-17-40(23(29)30)26(31,32)33)21-13-5-3-11-19(21)20-12-4-6-14-22(20)25(24,43-2)16-8-10-18-41(27(34,35)36)28(37,38)39/h3-6,11-14,23H,7-10,15-18H2,1-2H3. The maximum absolute atomic E-state index is 13.1. The number of methoxy groups -OCH3 is 2. The maximum atomic E-state index is 13.1. The highest BCUT2D eigenvalue weighted by Gasteiger charge is 2.58. The highest BCUT2D eigenvalue weighted by Crippen LogP contribution is 2.59. The van der Waals surface area contributed by atoms with E-state index in [2.05, 4.69) is 0 Å².